The molecule has 0 aliphatic heterocycles. The van der Waals surface area contributed by atoms with Crippen molar-refractivity contribution in [2.45, 2.75) is 30.1 Å². The number of para-hydroxylation sites is 1. The quantitative estimate of drug-likeness (QED) is 0.375. The SMILES string of the molecule is Cc1ccc(Sc2c(C)nn(-c3ccccc3)c2OC(=O)Cc2ccccc2)cc1. The van der Waals surface area contributed by atoms with Gasteiger partial charge in [-0.2, -0.15) is 9.78 Å². The number of hydrogen-bond acceptors (Lipinski definition) is 4. The first-order valence-electron chi connectivity index (χ1n) is 9.74. The molecule has 0 aliphatic carbocycles. The van der Waals surface area contributed by atoms with Crippen molar-refractivity contribution in [3.8, 4) is 11.6 Å². The van der Waals surface area contributed by atoms with Crippen molar-refractivity contribution < 1.29 is 9.53 Å². The van der Waals surface area contributed by atoms with Crippen molar-refractivity contribution in [2.75, 3.05) is 0 Å². The molecule has 0 atom stereocenters. The first kappa shape index (κ1) is 20.0. The topological polar surface area (TPSA) is 44.1 Å². The first-order valence-corrected chi connectivity index (χ1v) is 10.6. The highest BCUT2D eigenvalue weighted by Gasteiger charge is 2.22. The van der Waals surface area contributed by atoms with Crippen LogP contribution in [0.5, 0.6) is 5.88 Å². The highest BCUT2D eigenvalue weighted by molar-refractivity contribution is 7.99. The molecule has 5 heteroatoms. The molecule has 0 aliphatic rings. The van der Waals surface area contributed by atoms with Crippen molar-refractivity contribution in [1.82, 2.24) is 9.78 Å². The van der Waals surface area contributed by atoms with E-state index >= 15 is 0 Å². The Kier molecular flexibility index (Phi) is 6.00. The molecule has 4 nitrogen and oxygen atoms in total. The van der Waals surface area contributed by atoms with E-state index < -0.39 is 0 Å². The Hall–Kier alpha value is -3.31. The summed E-state index contributed by atoms with van der Waals surface area (Å²) in [4.78, 5) is 14.7. The van der Waals surface area contributed by atoms with E-state index in [0.717, 1.165) is 26.7 Å². The second-order valence-electron chi connectivity index (χ2n) is 7.02. The summed E-state index contributed by atoms with van der Waals surface area (Å²) in [5, 5.41) is 4.67. The molecule has 0 bridgehead atoms. The Bertz CT molecular complexity index is 1140. The minimum atomic E-state index is -0.316. The fourth-order valence-electron chi connectivity index (χ4n) is 3.07. The third-order valence-electron chi connectivity index (χ3n) is 4.61. The zero-order valence-electron chi connectivity index (χ0n) is 16.9. The molecule has 150 valence electrons. The number of carbonyl (C=O) groups is 1. The molecule has 3 aromatic carbocycles. The predicted octanol–water partition coefficient (Wildman–Crippen LogP) is 5.79. The minimum absolute atomic E-state index is 0.203. The number of aryl methyl sites for hydroxylation is 2. The van der Waals surface area contributed by atoms with Gasteiger partial charge in [0.1, 0.15) is 0 Å². The van der Waals surface area contributed by atoms with Gasteiger partial charge in [0.05, 0.1) is 22.7 Å². The molecule has 0 saturated carbocycles. The van der Waals surface area contributed by atoms with Crippen LogP contribution in [0.15, 0.2) is 94.7 Å². The van der Waals surface area contributed by atoms with E-state index in [1.165, 1.54) is 5.56 Å². The van der Waals surface area contributed by atoms with Crippen LogP contribution in [-0.2, 0) is 11.2 Å². The summed E-state index contributed by atoms with van der Waals surface area (Å²) in [7, 11) is 0. The van der Waals surface area contributed by atoms with E-state index in [1.54, 1.807) is 16.4 Å². The maximum atomic E-state index is 12.8. The van der Waals surface area contributed by atoms with Gasteiger partial charge in [0.15, 0.2) is 0 Å². The van der Waals surface area contributed by atoms with Crippen LogP contribution >= 0.6 is 11.8 Å². The van der Waals surface area contributed by atoms with Crippen LogP contribution in [0, 0.1) is 13.8 Å². The van der Waals surface area contributed by atoms with E-state index in [0.29, 0.717) is 5.88 Å². The van der Waals surface area contributed by atoms with Crippen molar-refractivity contribution >= 4 is 17.7 Å². The summed E-state index contributed by atoms with van der Waals surface area (Å²) in [6.07, 6.45) is 0.203. The van der Waals surface area contributed by atoms with E-state index in [1.807, 2.05) is 67.6 Å². The number of carbonyl (C=O) groups excluding carboxylic acids is 1. The van der Waals surface area contributed by atoms with Gasteiger partial charge < -0.3 is 4.74 Å². The Labute approximate surface area is 180 Å². The number of ether oxygens (including phenoxy) is 1. The smallest absolute Gasteiger partial charge is 0.317 e. The molecule has 0 unspecified atom stereocenters. The predicted molar refractivity (Wildman–Crippen MR) is 119 cm³/mol. The highest BCUT2D eigenvalue weighted by Crippen LogP contribution is 2.39. The van der Waals surface area contributed by atoms with Crippen LogP contribution in [0.2, 0.25) is 0 Å². The molecule has 1 heterocycles. The Morgan fingerprint density at radius 3 is 2.20 bits per heavy atom. The maximum absolute atomic E-state index is 12.8. The molecule has 0 saturated heterocycles. The second kappa shape index (κ2) is 9.01. The number of hydrogen-bond donors (Lipinski definition) is 0. The third-order valence-corrected chi connectivity index (χ3v) is 5.79. The van der Waals surface area contributed by atoms with Gasteiger partial charge in [-0.3, -0.25) is 4.79 Å². The van der Waals surface area contributed by atoms with E-state index in [-0.39, 0.29) is 12.4 Å². The molecule has 4 rings (SSSR count). The monoisotopic (exact) mass is 414 g/mol. The fraction of sp³-hybridized carbons (Fsp3) is 0.120. The third kappa shape index (κ3) is 4.63. The van der Waals surface area contributed by atoms with Gasteiger partial charge in [-0.1, -0.05) is 78.0 Å². The summed E-state index contributed by atoms with van der Waals surface area (Å²) in [6, 6.07) is 27.6. The van der Waals surface area contributed by atoms with Gasteiger partial charge in [-0.05, 0) is 43.7 Å². The zero-order chi connectivity index (χ0) is 20.9. The Morgan fingerprint density at radius 1 is 0.900 bits per heavy atom. The number of aromatic nitrogens is 2. The summed E-state index contributed by atoms with van der Waals surface area (Å²) >= 11 is 1.55. The summed E-state index contributed by atoms with van der Waals surface area (Å²) in [5.41, 5.74) is 3.77. The molecule has 0 amide bonds. The van der Waals surface area contributed by atoms with Crippen LogP contribution in [0.3, 0.4) is 0 Å². The number of esters is 1. The van der Waals surface area contributed by atoms with Crippen molar-refractivity contribution in [3.63, 3.8) is 0 Å². The lowest BCUT2D eigenvalue weighted by atomic mass is 10.2. The van der Waals surface area contributed by atoms with Crippen LogP contribution in [0.4, 0.5) is 0 Å². The van der Waals surface area contributed by atoms with Crippen molar-refractivity contribution in [3.05, 3.63) is 102 Å². The Morgan fingerprint density at radius 2 is 1.53 bits per heavy atom. The number of nitrogens with zero attached hydrogens (tertiary/aromatic N) is 2. The van der Waals surface area contributed by atoms with E-state index in [9.17, 15) is 4.79 Å². The van der Waals surface area contributed by atoms with E-state index in [2.05, 4.69) is 36.3 Å². The number of benzene rings is 3. The fourth-order valence-corrected chi connectivity index (χ4v) is 3.99. The summed E-state index contributed by atoms with van der Waals surface area (Å²) in [5.74, 6) is 0.134. The lowest BCUT2D eigenvalue weighted by molar-refractivity contribution is -0.134. The van der Waals surface area contributed by atoms with Crippen molar-refractivity contribution in [2.24, 2.45) is 0 Å². The van der Waals surface area contributed by atoms with Crippen LogP contribution < -0.4 is 4.74 Å². The second-order valence-corrected chi connectivity index (χ2v) is 8.10. The molecule has 4 aromatic rings. The summed E-state index contributed by atoms with van der Waals surface area (Å²) in [6.45, 7) is 3.99. The molecule has 30 heavy (non-hydrogen) atoms. The molecule has 1 aromatic heterocycles. The van der Waals surface area contributed by atoms with Gasteiger partial charge in [0, 0.05) is 4.90 Å². The van der Waals surface area contributed by atoms with Gasteiger partial charge in [-0.15, -0.1) is 0 Å². The molecular formula is C25H22N2O2S. The molecule has 0 spiro atoms. The molecule has 0 radical (unpaired) electrons. The van der Waals surface area contributed by atoms with Gasteiger partial charge in [0.25, 0.3) is 0 Å². The lowest BCUT2D eigenvalue weighted by Gasteiger charge is -2.10. The minimum Gasteiger partial charge on any atom is -0.406 e. The lowest BCUT2D eigenvalue weighted by Crippen LogP contribution is -2.14. The highest BCUT2D eigenvalue weighted by atomic mass is 32.2. The van der Waals surface area contributed by atoms with Gasteiger partial charge in [-0.25, -0.2) is 0 Å². The normalized spacial score (nSPS) is 10.7. The van der Waals surface area contributed by atoms with Crippen LogP contribution in [0.25, 0.3) is 5.69 Å². The molecular weight excluding hydrogens is 392 g/mol. The van der Waals surface area contributed by atoms with Gasteiger partial charge >= 0.3 is 5.97 Å². The Balaban J connectivity index is 1.69. The largest absolute Gasteiger partial charge is 0.406 e. The van der Waals surface area contributed by atoms with Crippen molar-refractivity contribution in [1.29, 1.82) is 0 Å². The van der Waals surface area contributed by atoms with Gasteiger partial charge in [0.2, 0.25) is 5.88 Å². The first-order chi connectivity index (χ1) is 14.6. The average Bonchev–Trinajstić information content (AvgIpc) is 3.06. The van der Waals surface area contributed by atoms with E-state index in [4.69, 9.17) is 4.74 Å². The maximum Gasteiger partial charge on any atom is 0.317 e. The van der Waals surface area contributed by atoms with Crippen LogP contribution in [-0.4, -0.2) is 15.7 Å². The number of rotatable bonds is 6. The molecule has 0 N–H and O–H groups in total. The zero-order valence-corrected chi connectivity index (χ0v) is 17.7. The average molecular weight is 415 g/mol. The van der Waals surface area contributed by atoms with Crippen LogP contribution in [0.1, 0.15) is 16.8 Å². The molecule has 0 fully saturated rings. The summed E-state index contributed by atoms with van der Waals surface area (Å²) < 4.78 is 7.60. The standard InChI is InChI=1S/C25H22N2O2S/c1-18-13-15-22(16-14-18)30-24-19(2)26-27(21-11-7-4-8-12-21)25(24)29-23(28)17-20-9-5-3-6-10-20/h3-16H,17H2,1-2H3.